The van der Waals surface area contributed by atoms with E-state index in [0.29, 0.717) is 10.4 Å². The van der Waals surface area contributed by atoms with Gasteiger partial charge in [0, 0.05) is 15.9 Å². The highest BCUT2D eigenvalue weighted by atomic mass is 79.9. The molecule has 0 amide bonds. The van der Waals surface area contributed by atoms with Crippen LogP contribution in [0.15, 0.2) is 18.2 Å². The van der Waals surface area contributed by atoms with Crippen LogP contribution in [-0.2, 0) is 0 Å². The van der Waals surface area contributed by atoms with E-state index < -0.39 is 6.10 Å². The first kappa shape index (κ1) is 10.0. The molecular formula is C9H10BrClO. The predicted molar refractivity (Wildman–Crippen MR) is 54.9 cm³/mol. The third-order valence-corrected chi connectivity index (χ3v) is 2.69. The largest absolute Gasteiger partial charge is 0.387 e. The Kier molecular flexibility index (Phi) is 3.56. The molecule has 0 heterocycles. The van der Waals surface area contributed by atoms with E-state index in [0.717, 1.165) is 11.1 Å². The minimum atomic E-state index is -0.515. The Hall–Kier alpha value is -0.0500. The molecule has 0 radical (unpaired) electrons. The Balaban J connectivity index is 3.12. The molecule has 66 valence electrons. The molecule has 1 aromatic rings. The topological polar surface area (TPSA) is 20.2 Å². The molecule has 3 heteroatoms. The van der Waals surface area contributed by atoms with Gasteiger partial charge in [0.15, 0.2) is 0 Å². The van der Waals surface area contributed by atoms with Crippen LogP contribution >= 0.6 is 27.5 Å². The van der Waals surface area contributed by atoms with Gasteiger partial charge in [-0.3, -0.25) is 0 Å². The zero-order chi connectivity index (χ0) is 9.14. The molecule has 0 bridgehead atoms. The smallest absolute Gasteiger partial charge is 0.0903 e. The quantitative estimate of drug-likeness (QED) is 0.799. The second-order valence-electron chi connectivity index (χ2n) is 2.64. The fraction of sp³-hybridized carbons (Fsp3) is 0.333. The van der Waals surface area contributed by atoms with Gasteiger partial charge in [-0.25, -0.2) is 0 Å². The van der Waals surface area contributed by atoms with E-state index in [-0.39, 0.29) is 0 Å². The first-order valence-electron chi connectivity index (χ1n) is 3.66. The van der Waals surface area contributed by atoms with Gasteiger partial charge in [-0.05, 0) is 18.6 Å². The van der Waals surface area contributed by atoms with Crippen LogP contribution in [0.3, 0.4) is 0 Å². The first-order chi connectivity index (χ1) is 5.66. The number of aliphatic hydroxyl groups excluding tert-OH is 1. The number of aliphatic hydroxyl groups is 1. The van der Waals surface area contributed by atoms with Crippen LogP contribution in [0, 0.1) is 6.92 Å². The standard InChI is InChI=1S/C9H10BrClO/c1-6-3-2-4-7(11)9(6)8(12)5-10/h2-4,8,12H,5H2,1H3. The van der Waals surface area contributed by atoms with Crippen LogP contribution < -0.4 is 0 Å². The second kappa shape index (κ2) is 4.26. The van der Waals surface area contributed by atoms with Crippen molar-refractivity contribution in [2.75, 3.05) is 5.33 Å². The minimum absolute atomic E-state index is 0.511. The van der Waals surface area contributed by atoms with Gasteiger partial charge < -0.3 is 5.11 Å². The van der Waals surface area contributed by atoms with Crippen molar-refractivity contribution in [2.45, 2.75) is 13.0 Å². The molecule has 0 fully saturated rings. The van der Waals surface area contributed by atoms with E-state index in [1.807, 2.05) is 19.1 Å². The molecule has 1 rings (SSSR count). The molecule has 12 heavy (non-hydrogen) atoms. The van der Waals surface area contributed by atoms with Gasteiger partial charge >= 0.3 is 0 Å². The van der Waals surface area contributed by atoms with E-state index in [1.54, 1.807) is 6.07 Å². The first-order valence-corrected chi connectivity index (χ1v) is 5.15. The lowest BCUT2D eigenvalue weighted by Crippen LogP contribution is -2.01. The summed E-state index contributed by atoms with van der Waals surface area (Å²) in [7, 11) is 0. The lowest BCUT2D eigenvalue weighted by atomic mass is 10.0. The van der Waals surface area contributed by atoms with E-state index in [2.05, 4.69) is 15.9 Å². The summed E-state index contributed by atoms with van der Waals surface area (Å²) in [4.78, 5) is 0. The van der Waals surface area contributed by atoms with Crippen LogP contribution in [0.2, 0.25) is 5.02 Å². The molecule has 0 saturated heterocycles. The predicted octanol–water partition coefficient (Wildman–Crippen LogP) is 3.08. The van der Waals surface area contributed by atoms with Gasteiger partial charge in [0.25, 0.3) is 0 Å². The van der Waals surface area contributed by atoms with Crippen LogP contribution in [0.5, 0.6) is 0 Å². The summed E-state index contributed by atoms with van der Waals surface area (Å²) in [6, 6.07) is 5.60. The number of benzene rings is 1. The van der Waals surface area contributed by atoms with Gasteiger partial charge in [0.1, 0.15) is 0 Å². The average molecular weight is 250 g/mol. The average Bonchev–Trinajstić information content (AvgIpc) is 2.03. The van der Waals surface area contributed by atoms with E-state index in [9.17, 15) is 5.11 Å². The van der Waals surface area contributed by atoms with Crippen molar-refractivity contribution in [3.63, 3.8) is 0 Å². The maximum absolute atomic E-state index is 9.56. The van der Waals surface area contributed by atoms with Crippen molar-refractivity contribution in [1.82, 2.24) is 0 Å². The third-order valence-electron chi connectivity index (χ3n) is 1.75. The number of hydrogen-bond donors (Lipinski definition) is 1. The zero-order valence-electron chi connectivity index (χ0n) is 6.72. The van der Waals surface area contributed by atoms with Gasteiger partial charge in [-0.2, -0.15) is 0 Å². The summed E-state index contributed by atoms with van der Waals surface area (Å²) >= 11 is 9.13. The molecule has 1 unspecified atom stereocenters. The fourth-order valence-corrected chi connectivity index (χ4v) is 1.82. The molecule has 0 aliphatic rings. The normalized spacial score (nSPS) is 13.0. The van der Waals surface area contributed by atoms with Gasteiger partial charge in [0.05, 0.1) is 6.10 Å². The molecule has 1 aromatic carbocycles. The molecule has 0 aliphatic heterocycles. The van der Waals surface area contributed by atoms with Crippen molar-refractivity contribution in [1.29, 1.82) is 0 Å². The summed E-state index contributed by atoms with van der Waals surface area (Å²) in [6.45, 7) is 1.94. The highest BCUT2D eigenvalue weighted by Gasteiger charge is 2.11. The second-order valence-corrected chi connectivity index (χ2v) is 3.70. The van der Waals surface area contributed by atoms with Crippen molar-refractivity contribution < 1.29 is 5.11 Å². The van der Waals surface area contributed by atoms with Crippen LogP contribution in [0.4, 0.5) is 0 Å². The maximum atomic E-state index is 9.56. The molecule has 1 nitrogen and oxygen atoms in total. The summed E-state index contributed by atoms with van der Waals surface area (Å²) in [5.74, 6) is 0. The lowest BCUT2D eigenvalue weighted by molar-refractivity contribution is 0.205. The van der Waals surface area contributed by atoms with E-state index in [4.69, 9.17) is 11.6 Å². The summed E-state index contributed by atoms with van der Waals surface area (Å²) < 4.78 is 0. The van der Waals surface area contributed by atoms with Gasteiger partial charge in [-0.15, -0.1) is 0 Å². The number of hydrogen-bond acceptors (Lipinski definition) is 1. The summed E-state index contributed by atoms with van der Waals surface area (Å²) in [5, 5.41) is 10.7. The Labute approximate surface area is 85.5 Å². The van der Waals surface area contributed by atoms with Crippen LogP contribution in [0.25, 0.3) is 0 Å². The van der Waals surface area contributed by atoms with Crippen molar-refractivity contribution in [3.05, 3.63) is 34.3 Å². The molecule has 0 saturated carbocycles. The molecule has 0 spiro atoms. The van der Waals surface area contributed by atoms with Gasteiger partial charge in [-0.1, -0.05) is 39.7 Å². The number of aryl methyl sites for hydroxylation is 1. The maximum Gasteiger partial charge on any atom is 0.0903 e. The number of rotatable bonds is 2. The van der Waals surface area contributed by atoms with Crippen molar-refractivity contribution >= 4 is 27.5 Å². The zero-order valence-corrected chi connectivity index (χ0v) is 9.06. The highest BCUT2D eigenvalue weighted by molar-refractivity contribution is 9.09. The molecule has 0 aliphatic carbocycles. The fourth-order valence-electron chi connectivity index (χ4n) is 1.14. The third kappa shape index (κ3) is 2.00. The number of alkyl halides is 1. The molecule has 0 aromatic heterocycles. The van der Waals surface area contributed by atoms with Crippen LogP contribution in [0.1, 0.15) is 17.2 Å². The monoisotopic (exact) mass is 248 g/mol. The number of halogens is 2. The van der Waals surface area contributed by atoms with Crippen molar-refractivity contribution in [2.24, 2.45) is 0 Å². The summed E-state index contributed by atoms with van der Waals surface area (Å²) in [5.41, 5.74) is 1.84. The van der Waals surface area contributed by atoms with Crippen molar-refractivity contribution in [3.8, 4) is 0 Å². The molecular weight excluding hydrogens is 239 g/mol. The van der Waals surface area contributed by atoms with E-state index in [1.165, 1.54) is 0 Å². The Morgan fingerprint density at radius 3 is 2.75 bits per heavy atom. The van der Waals surface area contributed by atoms with E-state index >= 15 is 0 Å². The highest BCUT2D eigenvalue weighted by Crippen LogP contribution is 2.27. The Morgan fingerprint density at radius 1 is 1.58 bits per heavy atom. The van der Waals surface area contributed by atoms with Crippen LogP contribution in [-0.4, -0.2) is 10.4 Å². The Bertz CT molecular complexity index is 255. The summed E-state index contributed by atoms with van der Waals surface area (Å²) in [6.07, 6.45) is -0.515. The van der Waals surface area contributed by atoms with Gasteiger partial charge in [0.2, 0.25) is 0 Å². The Morgan fingerprint density at radius 2 is 2.25 bits per heavy atom. The SMILES string of the molecule is Cc1cccc(Cl)c1C(O)CBr. The molecule has 1 atom stereocenters. The molecule has 1 N–H and O–H groups in total. The minimum Gasteiger partial charge on any atom is -0.387 e. The lowest BCUT2D eigenvalue weighted by Gasteiger charge is -2.12.